The predicted octanol–water partition coefficient (Wildman–Crippen LogP) is 3.09. The van der Waals surface area contributed by atoms with E-state index in [9.17, 15) is 0 Å². The summed E-state index contributed by atoms with van der Waals surface area (Å²) in [5.74, 6) is 1.05. The third-order valence-electron chi connectivity index (χ3n) is 4.26. The van der Waals surface area contributed by atoms with E-state index >= 15 is 0 Å². The molecule has 0 bridgehead atoms. The Balaban J connectivity index is 1.66. The first-order chi connectivity index (χ1) is 10.2. The van der Waals surface area contributed by atoms with Crippen LogP contribution in [-0.4, -0.2) is 43.7 Å². The molecule has 116 valence electrons. The van der Waals surface area contributed by atoms with Crippen LogP contribution in [-0.2, 0) is 11.3 Å². The highest BCUT2D eigenvalue weighted by Crippen LogP contribution is 2.38. The number of guanidine groups is 1. The number of likely N-dealkylation sites (tertiary alicyclic amines) is 1. The van der Waals surface area contributed by atoms with Crippen molar-refractivity contribution in [2.75, 3.05) is 32.8 Å². The molecule has 3 rings (SSSR count). The van der Waals surface area contributed by atoms with Gasteiger partial charge in [-0.3, -0.25) is 0 Å². The number of ether oxygens (including phenoxy) is 1. The van der Waals surface area contributed by atoms with Crippen LogP contribution in [0.4, 0.5) is 0 Å². The van der Waals surface area contributed by atoms with Gasteiger partial charge in [0.1, 0.15) is 0 Å². The zero-order valence-corrected chi connectivity index (χ0v) is 14.8. The minimum atomic E-state index is 0.377. The lowest BCUT2D eigenvalue weighted by atomic mass is 9.87. The molecule has 1 spiro atoms. The Morgan fingerprint density at radius 3 is 3.14 bits per heavy atom. The maximum atomic E-state index is 5.61. The number of nitrogens with zero attached hydrogens (tertiary/aromatic N) is 2. The van der Waals surface area contributed by atoms with Crippen molar-refractivity contribution in [2.45, 2.75) is 26.3 Å². The van der Waals surface area contributed by atoms with Crippen molar-refractivity contribution in [3.8, 4) is 0 Å². The molecule has 1 unspecified atom stereocenters. The van der Waals surface area contributed by atoms with Crippen molar-refractivity contribution in [3.05, 3.63) is 20.8 Å². The molecule has 0 aliphatic carbocycles. The van der Waals surface area contributed by atoms with E-state index in [2.05, 4.69) is 44.5 Å². The summed E-state index contributed by atoms with van der Waals surface area (Å²) in [6, 6.07) is 2.15. The molecule has 0 amide bonds. The highest BCUT2D eigenvalue weighted by Gasteiger charge is 2.42. The minimum Gasteiger partial charge on any atom is -0.381 e. The Hall–Kier alpha value is -0.590. The van der Waals surface area contributed by atoms with Gasteiger partial charge in [0.15, 0.2) is 5.96 Å². The van der Waals surface area contributed by atoms with Crippen LogP contribution >= 0.6 is 27.3 Å². The monoisotopic (exact) mass is 371 g/mol. The molecule has 21 heavy (non-hydrogen) atoms. The van der Waals surface area contributed by atoms with E-state index < -0.39 is 0 Å². The lowest BCUT2D eigenvalue weighted by molar-refractivity contribution is 0.156. The summed E-state index contributed by atoms with van der Waals surface area (Å²) in [7, 11) is 0. The Kier molecular flexibility index (Phi) is 4.86. The van der Waals surface area contributed by atoms with Gasteiger partial charge >= 0.3 is 0 Å². The Morgan fingerprint density at radius 1 is 1.57 bits per heavy atom. The average molecular weight is 372 g/mol. The molecular formula is C15H22BrN3OS. The second kappa shape index (κ2) is 6.67. The second-order valence-electron chi connectivity index (χ2n) is 5.88. The Morgan fingerprint density at radius 2 is 2.48 bits per heavy atom. The van der Waals surface area contributed by atoms with E-state index in [0.29, 0.717) is 5.41 Å². The van der Waals surface area contributed by atoms with Crippen LogP contribution in [0.5, 0.6) is 0 Å². The van der Waals surface area contributed by atoms with Crippen LogP contribution < -0.4 is 5.32 Å². The number of halogens is 1. The normalized spacial score (nSPS) is 26.0. The molecule has 1 N–H and O–H groups in total. The summed E-state index contributed by atoms with van der Waals surface area (Å²) in [4.78, 5) is 8.50. The molecule has 2 fully saturated rings. The molecule has 2 saturated heterocycles. The fourth-order valence-corrected chi connectivity index (χ4v) is 4.48. The first kappa shape index (κ1) is 15.3. The van der Waals surface area contributed by atoms with Crippen molar-refractivity contribution in [1.82, 2.24) is 10.2 Å². The van der Waals surface area contributed by atoms with E-state index in [1.54, 1.807) is 11.3 Å². The van der Waals surface area contributed by atoms with Crippen LogP contribution in [0.15, 0.2) is 20.9 Å². The van der Waals surface area contributed by atoms with Crippen LogP contribution in [0.3, 0.4) is 0 Å². The number of aliphatic imine (C=N–C) groups is 1. The molecule has 3 heterocycles. The third kappa shape index (κ3) is 3.60. The zero-order chi connectivity index (χ0) is 14.7. The zero-order valence-electron chi connectivity index (χ0n) is 12.4. The lowest BCUT2D eigenvalue weighted by Crippen LogP contribution is -2.41. The van der Waals surface area contributed by atoms with Crippen molar-refractivity contribution in [1.29, 1.82) is 0 Å². The number of hydrogen-bond acceptors (Lipinski definition) is 3. The molecule has 1 aromatic heterocycles. The summed E-state index contributed by atoms with van der Waals surface area (Å²) in [6.45, 7) is 7.79. The van der Waals surface area contributed by atoms with Gasteiger partial charge in [0, 0.05) is 46.4 Å². The first-order valence-corrected chi connectivity index (χ1v) is 9.22. The highest BCUT2D eigenvalue weighted by molar-refractivity contribution is 9.10. The number of rotatable bonds is 3. The quantitative estimate of drug-likeness (QED) is 0.655. The van der Waals surface area contributed by atoms with E-state index in [1.165, 1.54) is 17.7 Å². The average Bonchev–Trinajstić information content (AvgIpc) is 3.19. The maximum absolute atomic E-state index is 5.61. The van der Waals surface area contributed by atoms with Crippen molar-refractivity contribution < 1.29 is 4.74 Å². The number of thiophene rings is 1. The van der Waals surface area contributed by atoms with Gasteiger partial charge in [-0.25, -0.2) is 4.99 Å². The van der Waals surface area contributed by atoms with Crippen molar-refractivity contribution in [3.63, 3.8) is 0 Å². The Labute approximate surface area is 138 Å². The summed E-state index contributed by atoms with van der Waals surface area (Å²) >= 11 is 5.25. The summed E-state index contributed by atoms with van der Waals surface area (Å²) < 4.78 is 6.76. The van der Waals surface area contributed by atoms with Gasteiger partial charge in [0.05, 0.1) is 13.2 Å². The van der Waals surface area contributed by atoms with Crippen LogP contribution in [0, 0.1) is 5.41 Å². The number of hydrogen-bond donors (Lipinski definition) is 1. The molecule has 2 aliphatic heterocycles. The third-order valence-corrected chi connectivity index (χ3v) is 5.95. The highest BCUT2D eigenvalue weighted by atomic mass is 79.9. The van der Waals surface area contributed by atoms with Gasteiger partial charge < -0.3 is 15.0 Å². The topological polar surface area (TPSA) is 36.9 Å². The molecule has 0 saturated carbocycles. The van der Waals surface area contributed by atoms with Crippen LogP contribution in [0.25, 0.3) is 0 Å². The van der Waals surface area contributed by atoms with E-state index in [4.69, 9.17) is 9.73 Å². The standard InChI is InChI=1S/C15H22BrN3OS/c1-2-17-14(18-8-13-7-12(16)9-21-13)19-5-3-15(10-19)4-6-20-11-15/h7,9H,2-6,8,10-11H2,1H3,(H,17,18). The van der Waals surface area contributed by atoms with Crippen molar-refractivity contribution in [2.24, 2.45) is 10.4 Å². The smallest absolute Gasteiger partial charge is 0.194 e. The molecule has 6 heteroatoms. The molecule has 2 aliphatic rings. The summed E-state index contributed by atoms with van der Waals surface area (Å²) in [6.07, 6.45) is 2.42. The molecule has 0 aromatic carbocycles. The van der Waals surface area contributed by atoms with Gasteiger partial charge in [-0.05, 0) is 41.8 Å². The van der Waals surface area contributed by atoms with Crippen LogP contribution in [0.1, 0.15) is 24.6 Å². The SMILES string of the molecule is CCNC(=NCc1cc(Br)cs1)N1CCC2(CCOC2)C1. The fourth-order valence-electron chi connectivity index (χ4n) is 3.10. The van der Waals surface area contributed by atoms with Gasteiger partial charge in [-0.15, -0.1) is 11.3 Å². The van der Waals surface area contributed by atoms with E-state index in [1.807, 2.05) is 0 Å². The molecule has 0 radical (unpaired) electrons. The summed E-state index contributed by atoms with van der Waals surface area (Å²) in [5, 5.41) is 5.55. The fraction of sp³-hybridized carbons (Fsp3) is 0.667. The van der Waals surface area contributed by atoms with E-state index in [-0.39, 0.29) is 0 Å². The molecule has 1 aromatic rings. The Bertz CT molecular complexity index is 511. The first-order valence-electron chi connectivity index (χ1n) is 7.55. The van der Waals surface area contributed by atoms with Crippen LogP contribution in [0.2, 0.25) is 0 Å². The van der Waals surface area contributed by atoms with Crippen molar-refractivity contribution >= 4 is 33.2 Å². The predicted molar refractivity (Wildman–Crippen MR) is 90.9 cm³/mol. The van der Waals surface area contributed by atoms with Gasteiger partial charge in [-0.1, -0.05) is 0 Å². The maximum Gasteiger partial charge on any atom is 0.194 e. The number of nitrogens with one attached hydrogen (secondary N) is 1. The van der Waals surface area contributed by atoms with Gasteiger partial charge in [0.25, 0.3) is 0 Å². The second-order valence-corrected chi connectivity index (χ2v) is 7.79. The van der Waals surface area contributed by atoms with Gasteiger partial charge in [-0.2, -0.15) is 0 Å². The molecular weight excluding hydrogens is 350 g/mol. The largest absolute Gasteiger partial charge is 0.381 e. The minimum absolute atomic E-state index is 0.377. The molecule has 1 atom stereocenters. The van der Waals surface area contributed by atoms with Gasteiger partial charge in [0.2, 0.25) is 0 Å². The van der Waals surface area contributed by atoms with E-state index in [0.717, 1.165) is 49.8 Å². The summed E-state index contributed by atoms with van der Waals surface area (Å²) in [5.41, 5.74) is 0.377. The lowest BCUT2D eigenvalue weighted by Gasteiger charge is -2.24. The molecule has 4 nitrogen and oxygen atoms in total.